The molecule has 2 heterocycles. The number of oxime groups is 1. The number of halogens is 3. The molecule has 0 atom stereocenters. The minimum atomic E-state index is -4.36. The molecule has 3 rings (SSSR count). The Morgan fingerprint density at radius 3 is 2.35 bits per heavy atom. The second-order valence-electron chi connectivity index (χ2n) is 5.83. The molecule has 0 aliphatic carbocycles. The van der Waals surface area contributed by atoms with Crippen molar-refractivity contribution < 1.29 is 27.9 Å². The molecule has 1 N–H and O–H groups in total. The molecule has 1 aromatic rings. The van der Waals surface area contributed by atoms with Gasteiger partial charge in [-0.1, -0.05) is 17.3 Å². The lowest BCUT2D eigenvalue weighted by Crippen LogP contribution is -2.46. The van der Waals surface area contributed by atoms with Crippen LogP contribution >= 0.6 is 0 Å². The number of hydrogen-bond donors (Lipinski definition) is 1. The summed E-state index contributed by atoms with van der Waals surface area (Å²) in [6.07, 6.45) is -3.80. The van der Waals surface area contributed by atoms with E-state index in [9.17, 15) is 18.0 Å². The van der Waals surface area contributed by atoms with Crippen LogP contribution in [0, 0.1) is 0 Å². The zero-order valence-electron chi connectivity index (χ0n) is 12.1. The van der Waals surface area contributed by atoms with E-state index >= 15 is 0 Å². The first-order valence-corrected chi connectivity index (χ1v) is 7.20. The molecule has 2 aliphatic rings. The molecule has 8 heteroatoms. The lowest BCUT2D eigenvalue weighted by atomic mass is 9.85. The van der Waals surface area contributed by atoms with Crippen molar-refractivity contribution in [3.8, 4) is 0 Å². The summed E-state index contributed by atoms with van der Waals surface area (Å²) < 4.78 is 37.7. The molecule has 0 bridgehead atoms. The molecule has 0 unspecified atom stereocenters. The number of carboxylic acid groups (broad SMARTS) is 1. The number of piperidine rings is 1. The van der Waals surface area contributed by atoms with Crippen molar-refractivity contribution in [3.05, 3.63) is 35.4 Å². The average molecular weight is 328 g/mol. The quantitative estimate of drug-likeness (QED) is 0.860. The van der Waals surface area contributed by atoms with Gasteiger partial charge < -0.3 is 14.8 Å². The Morgan fingerprint density at radius 2 is 1.83 bits per heavy atom. The molecule has 23 heavy (non-hydrogen) atoms. The van der Waals surface area contributed by atoms with Crippen molar-refractivity contribution >= 4 is 11.8 Å². The Hall–Kier alpha value is -2.25. The molecule has 124 valence electrons. The predicted molar refractivity (Wildman–Crippen MR) is 75.2 cm³/mol. The van der Waals surface area contributed by atoms with E-state index in [0.717, 1.165) is 12.1 Å². The molecule has 1 amide bonds. The summed E-state index contributed by atoms with van der Waals surface area (Å²) in [5, 5.41) is 13.0. The second-order valence-corrected chi connectivity index (χ2v) is 5.83. The molecule has 0 saturated carbocycles. The smallest absolute Gasteiger partial charge is 0.416 e. The van der Waals surface area contributed by atoms with Crippen molar-refractivity contribution in [2.45, 2.75) is 31.0 Å². The molecule has 1 aromatic carbocycles. The van der Waals surface area contributed by atoms with Crippen molar-refractivity contribution in [2.75, 3.05) is 13.1 Å². The standard InChI is InChI=1S/C15H15F3N2O3/c16-15(17,18)11-3-1-10(2-4-11)12-9-14(23-19-12)5-7-20(8-6-14)13(21)22/h1-4H,5-9H2,(H,21,22). The highest BCUT2D eigenvalue weighted by Crippen LogP contribution is 2.36. The Labute approximate surface area is 130 Å². The summed E-state index contributed by atoms with van der Waals surface area (Å²) in [7, 11) is 0. The highest BCUT2D eigenvalue weighted by Gasteiger charge is 2.43. The van der Waals surface area contributed by atoms with Gasteiger partial charge in [-0.25, -0.2) is 4.79 Å². The second kappa shape index (κ2) is 5.43. The van der Waals surface area contributed by atoms with Crippen LogP contribution < -0.4 is 0 Å². The van der Waals surface area contributed by atoms with Crippen LogP contribution in [0.15, 0.2) is 29.4 Å². The van der Waals surface area contributed by atoms with E-state index in [1.165, 1.54) is 17.0 Å². The largest absolute Gasteiger partial charge is 0.465 e. The lowest BCUT2D eigenvalue weighted by Gasteiger charge is -2.35. The van der Waals surface area contributed by atoms with Crippen molar-refractivity contribution in [1.82, 2.24) is 4.90 Å². The Morgan fingerprint density at radius 1 is 1.22 bits per heavy atom. The van der Waals surface area contributed by atoms with E-state index in [1.807, 2.05) is 0 Å². The normalized spacial score (nSPS) is 20.3. The first-order chi connectivity index (χ1) is 10.8. The van der Waals surface area contributed by atoms with Gasteiger partial charge in [0.2, 0.25) is 0 Å². The van der Waals surface area contributed by atoms with Gasteiger partial charge in [-0.2, -0.15) is 13.2 Å². The van der Waals surface area contributed by atoms with Crippen LogP contribution in [0.3, 0.4) is 0 Å². The molecule has 1 saturated heterocycles. The number of hydrogen-bond acceptors (Lipinski definition) is 3. The first kappa shape index (κ1) is 15.6. The summed E-state index contributed by atoms with van der Waals surface area (Å²) in [4.78, 5) is 17.8. The van der Waals surface area contributed by atoms with Gasteiger partial charge in [-0.05, 0) is 17.7 Å². The summed E-state index contributed by atoms with van der Waals surface area (Å²) >= 11 is 0. The SMILES string of the molecule is O=C(O)N1CCC2(CC1)CC(c1ccc(C(F)(F)F)cc1)=NO2. The number of rotatable bonds is 1. The van der Waals surface area contributed by atoms with Gasteiger partial charge in [0, 0.05) is 32.4 Å². The fourth-order valence-corrected chi connectivity index (χ4v) is 2.90. The van der Waals surface area contributed by atoms with E-state index in [1.54, 1.807) is 0 Å². The van der Waals surface area contributed by atoms with E-state index in [4.69, 9.17) is 9.94 Å². The van der Waals surface area contributed by atoms with Gasteiger partial charge in [-0.3, -0.25) is 0 Å². The maximum atomic E-state index is 12.6. The average Bonchev–Trinajstić information content (AvgIpc) is 2.91. The first-order valence-electron chi connectivity index (χ1n) is 7.20. The Balaban J connectivity index is 1.67. The van der Waals surface area contributed by atoms with Gasteiger partial charge in [0.05, 0.1) is 11.3 Å². The Bertz CT molecular complexity index is 632. The highest BCUT2D eigenvalue weighted by molar-refractivity contribution is 6.01. The molecule has 1 spiro atoms. The monoisotopic (exact) mass is 328 g/mol. The maximum absolute atomic E-state index is 12.6. The van der Waals surface area contributed by atoms with Crippen LogP contribution in [0.25, 0.3) is 0 Å². The van der Waals surface area contributed by atoms with Crippen molar-refractivity contribution in [2.24, 2.45) is 5.16 Å². The molecular formula is C15H15F3N2O3. The van der Waals surface area contributed by atoms with Crippen LogP contribution in [-0.4, -0.2) is 40.5 Å². The summed E-state index contributed by atoms with van der Waals surface area (Å²) in [5.74, 6) is 0. The van der Waals surface area contributed by atoms with E-state index < -0.39 is 23.4 Å². The summed E-state index contributed by atoms with van der Waals surface area (Å²) in [6, 6.07) is 4.82. The third kappa shape index (κ3) is 3.11. The molecule has 0 radical (unpaired) electrons. The van der Waals surface area contributed by atoms with Gasteiger partial charge in [0.1, 0.15) is 5.60 Å². The van der Waals surface area contributed by atoms with E-state index in [2.05, 4.69) is 5.16 Å². The van der Waals surface area contributed by atoms with Gasteiger partial charge in [0.25, 0.3) is 0 Å². The number of benzene rings is 1. The fourth-order valence-electron chi connectivity index (χ4n) is 2.90. The van der Waals surface area contributed by atoms with Crippen LogP contribution in [0.1, 0.15) is 30.4 Å². The minimum Gasteiger partial charge on any atom is -0.465 e. The minimum absolute atomic E-state index is 0.366. The Kier molecular flexibility index (Phi) is 3.69. The molecule has 2 aliphatic heterocycles. The zero-order chi connectivity index (χ0) is 16.7. The zero-order valence-corrected chi connectivity index (χ0v) is 12.1. The van der Waals surface area contributed by atoms with Gasteiger partial charge in [-0.15, -0.1) is 0 Å². The third-order valence-electron chi connectivity index (χ3n) is 4.33. The lowest BCUT2D eigenvalue weighted by molar-refractivity contribution is -0.137. The highest BCUT2D eigenvalue weighted by atomic mass is 19.4. The predicted octanol–water partition coefficient (Wildman–Crippen LogP) is 3.34. The molecule has 0 aromatic heterocycles. The van der Waals surface area contributed by atoms with Gasteiger partial charge >= 0.3 is 12.3 Å². The van der Waals surface area contributed by atoms with E-state index in [-0.39, 0.29) is 0 Å². The van der Waals surface area contributed by atoms with Crippen molar-refractivity contribution in [1.29, 1.82) is 0 Å². The van der Waals surface area contributed by atoms with Crippen LogP contribution in [0.4, 0.5) is 18.0 Å². The molecule has 5 nitrogen and oxygen atoms in total. The topological polar surface area (TPSA) is 62.1 Å². The number of amides is 1. The summed E-state index contributed by atoms with van der Waals surface area (Å²) in [5.41, 5.74) is -0.0486. The molecule has 1 fully saturated rings. The fraction of sp³-hybridized carbons (Fsp3) is 0.467. The number of carbonyl (C=O) groups is 1. The maximum Gasteiger partial charge on any atom is 0.416 e. The van der Waals surface area contributed by atoms with Crippen LogP contribution in [0.2, 0.25) is 0 Å². The van der Waals surface area contributed by atoms with Gasteiger partial charge in [0.15, 0.2) is 0 Å². The van der Waals surface area contributed by atoms with Crippen LogP contribution in [-0.2, 0) is 11.0 Å². The number of nitrogens with zero attached hydrogens (tertiary/aromatic N) is 2. The summed E-state index contributed by atoms with van der Waals surface area (Å²) in [6.45, 7) is 0.732. The number of alkyl halides is 3. The van der Waals surface area contributed by atoms with Crippen LogP contribution in [0.5, 0.6) is 0 Å². The number of likely N-dealkylation sites (tertiary alicyclic amines) is 1. The third-order valence-corrected chi connectivity index (χ3v) is 4.33. The van der Waals surface area contributed by atoms with Crippen molar-refractivity contribution in [3.63, 3.8) is 0 Å². The molecular weight excluding hydrogens is 313 g/mol. The van der Waals surface area contributed by atoms with E-state index in [0.29, 0.717) is 43.6 Å².